The van der Waals surface area contributed by atoms with E-state index in [1.165, 1.54) is 64.2 Å². The van der Waals surface area contributed by atoms with Gasteiger partial charge in [-0.2, -0.15) is 0 Å². The molecule has 0 aromatic carbocycles. The van der Waals surface area contributed by atoms with Crippen LogP contribution in [-0.2, 0) is 4.74 Å². The van der Waals surface area contributed by atoms with Gasteiger partial charge in [-0.1, -0.05) is 40.0 Å². The molecule has 2 unspecified atom stereocenters. The molecule has 22 heavy (non-hydrogen) atoms. The maximum absolute atomic E-state index is 6.50. The van der Waals surface area contributed by atoms with Crippen LogP contribution in [0.5, 0.6) is 0 Å². The summed E-state index contributed by atoms with van der Waals surface area (Å²) in [4.78, 5) is 0. The van der Waals surface area contributed by atoms with E-state index >= 15 is 0 Å². The van der Waals surface area contributed by atoms with Crippen molar-refractivity contribution < 1.29 is 4.74 Å². The lowest BCUT2D eigenvalue weighted by Gasteiger charge is -2.59. The van der Waals surface area contributed by atoms with Gasteiger partial charge in [-0.15, -0.1) is 0 Å². The van der Waals surface area contributed by atoms with Gasteiger partial charge < -0.3 is 4.74 Å². The minimum Gasteiger partial charge on any atom is -0.365 e. The average Bonchev–Trinajstić information content (AvgIpc) is 3.10. The second-order valence-electron chi connectivity index (χ2n) is 9.96. The van der Waals surface area contributed by atoms with Gasteiger partial charge in [-0.3, -0.25) is 0 Å². The fourth-order valence-corrected chi connectivity index (χ4v) is 8.49. The first-order valence-electron chi connectivity index (χ1n) is 10.2. The Morgan fingerprint density at radius 2 is 1.77 bits per heavy atom. The second-order valence-corrected chi connectivity index (χ2v) is 9.96. The second kappa shape index (κ2) is 4.32. The predicted molar refractivity (Wildman–Crippen MR) is 89.6 cm³/mol. The molecule has 0 amide bonds. The zero-order valence-corrected chi connectivity index (χ0v) is 14.9. The first kappa shape index (κ1) is 14.3. The highest BCUT2D eigenvalue weighted by Crippen LogP contribution is 2.74. The van der Waals surface area contributed by atoms with Gasteiger partial charge in [0, 0.05) is 5.41 Å². The van der Waals surface area contributed by atoms with Crippen molar-refractivity contribution >= 4 is 0 Å². The molecule has 1 heteroatoms. The first-order valence-corrected chi connectivity index (χ1v) is 10.2. The SMILES string of the molecule is CC[C@H]1CC[C@H]2[C@@H]3CC4OC45CCCC[C@]5(C)[C@H]3CC[C@]12C. The number of ether oxygens (including phenoxy) is 1. The summed E-state index contributed by atoms with van der Waals surface area (Å²) >= 11 is 0. The molecule has 0 bridgehead atoms. The summed E-state index contributed by atoms with van der Waals surface area (Å²) < 4.78 is 6.50. The summed E-state index contributed by atoms with van der Waals surface area (Å²) in [5.41, 5.74) is 1.52. The summed E-state index contributed by atoms with van der Waals surface area (Å²) in [6.45, 7) is 7.73. The highest BCUT2D eigenvalue weighted by Gasteiger charge is 2.74. The lowest BCUT2D eigenvalue weighted by atomic mass is 9.44. The Morgan fingerprint density at radius 1 is 0.955 bits per heavy atom. The maximum Gasteiger partial charge on any atom is 0.100 e. The zero-order valence-electron chi connectivity index (χ0n) is 14.9. The number of hydrogen-bond donors (Lipinski definition) is 0. The molecule has 0 aromatic heterocycles. The van der Waals surface area contributed by atoms with Gasteiger partial charge in [0.1, 0.15) is 5.60 Å². The molecule has 0 N–H and O–H groups in total. The maximum atomic E-state index is 6.50. The van der Waals surface area contributed by atoms with Crippen LogP contribution in [0.4, 0.5) is 0 Å². The Bertz CT molecular complexity index is 486. The lowest BCUT2D eigenvalue weighted by Crippen LogP contribution is -2.57. The third-order valence-corrected chi connectivity index (χ3v) is 9.71. The van der Waals surface area contributed by atoms with Crippen molar-refractivity contribution in [3.05, 3.63) is 0 Å². The van der Waals surface area contributed by atoms with Crippen molar-refractivity contribution in [1.29, 1.82) is 0 Å². The molecular formula is C21H34O. The van der Waals surface area contributed by atoms with E-state index in [0.29, 0.717) is 22.5 Å². The Kier molecular flexibility index (Phi) is 2.81. The van der Waals surface area contributed by atoms with E-state index in [0.717, 1.165) is 23.7 Å². The van der Waals surface area contributed by atoms with Gasteiger partial charge in [0.25, 0.3) is 0 Å². The summed E-state index contributed by atoms with van der Waals surface area (Å²) in [5.74, 6) is 3.97. The summed E-state index contributed by atoms with van der Waals surface area (Å²) in [7, 11) is 0. The smallest absolute Gasteiger partial charge is 0.100 e. The molecule has 8 atom stereocenters. The minimum atomic E-state index is 0.336. The molecule has 4 saturated carbocycles. The van der Waals surface area contributed by atoms with Crippen molar-refractivity contribution in [3.63, 3.8) is 0 Å². The van der Waals surface area contributed by atoms with E-state index in [9.17, 15) is 0 Å². The van der Waals surface area contributed by atoms with Crippen LogP contribution in [0, 0.1) is 34.5 Å². The monoisotopic (exact) mass is 302 g/mol. The Labute approximate surface area is 136 Å². The van der Waals surface area contributed by atoms with Crippen LogP contribution in [0.1, 0.15) is 85.0 Å². The van der Waals surface area contributed by atoms with Gasteiger partial charge >= 0.3 is 0 Å². The Morgan fingerprint density at radius 3 is 2.59 bits per heavy atom. The summed E-state index contributed by atoms with van der Waals surface area (Å²) in [6.07, 6.45) is 15.2. The highest BCUT2D eigenvalue weighted by molar-refractivity contribution is 5.23. The molecule has 1 aliphatic heterocycles. The molecule has 0 radical (unpaired) electrons. The van der Waals surface area contributed by atoms with Crippen LogP contribution < -0.4 is 0 Å². The Balaban J connectivity index is 1.51. The van der Waals surface area contributed by atoms with Gasteiger partial charge in [-0.05, 0) is 74.0 Å². The number of hydrogen-bond acceptors (Lipinski definition) is 1. The van der Waals surface area contributed by atoms with Crippen LogP contribution in [0.15, 0.2) is 0 Å². The molecule has 1 saturated heterocycles. The number of epoxide rings is 1. The van der Waals surface area contributed by atoms with Gasteiger partial charge in [0.2, 0.25) is 0 Å². The van der Waals surface area contributed by atoms with E-state index in [-0.39, 0.29) is 0 Å². The molecule has 5 rings (SSSR count). The largest absolute Gasteiger partial charge is 0.365 e. The number of rotatable bonds is 1. The van der Waals surface area contributed by atoms with Crippen LogP contribution >= 0.6 is 0 Å². The van der Waals surface area contributed by atoms with E-state index in [1.807, 2.05) is 0 Å². The fraction of sp³-hybridized carbons (Fsp3) is 1.00. The molecule has 5 aliphatic rings. The predicted octanol–water partition coefficient (Wildman–Crippen LogP) is 5.58. The van der Waals surface area contributed by atoms with Crippen LogP contribution in [-0.4, -0.2) is 11.7 Å². The van der Waals surface area contributed by atoms with E-state index < -0.39 is 0 Å². The molecule has 1 spiro atoms. The molecule has 1 nitrogen and oxygen atoms in total. The quantitative estimate of drug-likeness (QED) is 0.576. The summed E-state index contributed by atoms with van der Waals surface area (Å²) in [6, 6.07) is 0. The Hall–Kier alpha value is -0.0400. The standard InChI is InChI=1S/C21H34O/c1-4-14-7-8-16-15-13-18-21(22-18)11-6-5-10-20(21,3)17(15)9-12-19(14,16)2/h14-18H,4-13H2,1-3H3/t14-,15-,16-,17-,18?,19+,20+,21?/m0/s1. The first-order chi connectivity index (χ1) is 10.6. The third-order valence-electron chi connectivity index (χ3n) is 9.71. The summed E-state index contributed by atoms with van der Waals surface area (Å²) in [5, 5.41) is 0. The van der Waals surface area contributed by atoms with E-state index in [1.54, 1.807) is 0 Å². The fourth-order valence-electron chi connectivity index (χ4n) is 8.49. The van der Waals surface area contributed by atoms with Gasteiger partial charge in [0.05, 0.1) is 6.10 Å². The molecule has 0 aromatic rings. The van der Waals surface area contributed by atoms with Crippen molar-refractivity contribution in [2.45, 2.75) is 96.7 Å². The van der Waals surface area contributed by atoms with Gasteiger partial charge in [-0.25, -0.2) is 0 Å². The molecule has 124 valence electrons. The zero-order chi connectivity index (χ0) is 15.2. The van der Waals surface area contributed by atoms with E-state index in [4.69, 9.17) is 4.74 Å². The van der Waals surface area contributed by atoms with Crippen LogP contribution in [0.25, 0.3) is 0 Å². The molecular weight excluding hydrogens is 268 g/mol. The third kappa shape index (κ3) is 1.47. The van der Waals surface area contributed by atoms with Crippen LogP contribution in [0.2, 0.25) is 0 Å². The van der Waals surface area contributed by atoms with Crippen molar-refractivity contribution in [2.24, 2.45) is 34.5 Å². The normalized spacial score (nSPS) is 62.6. The lowest BCUT2D eigenvalue weighted by molar-refractivity contribution is -0.0962. The molecule has 1 heterocycles. The van der Waals surface area contributed by atoms with E-state index in [2.05, 4.69) is 20.8 Å². The molecule has 5 fully saturated rings. The topological polar surface area (TPSA) is 12.5 Å². The highest BCUT2D eigenvalue weighted by atomic mass is 16.6. The van der Waals surface area contributed by atoms with Crippen LogP contribution in [0.3, 0.4) is 0 Å². The molecule has 4 aliphatic carbocycles. The average molecular weight is 303 g/mol. The van der Waals surface area contributed by atoms with Gasteiger partial charge in [0.15, 0.2) is 0 Å². The number of fused-ring (bicyclic) bond motifs is 4. The van der Waals surface area contributed by atoms with Crippen molar-refractivity contribution in [2.75, 3.05) is 0 Å². The minimum absolute atomic E-state index is 0.336. The van der Waals surface area contributed by atoms with Crippen molar-refractivity contribution in [1.82, 2.24) is 0 Å². The van der Waals surface area contributed by atoms with Crippen molar-refractivity contribution in [3.8, 4) is 0 Å².